The summed E-state index contributed by atoms with van der Waals surface area (Å²) in [5, 5.41) is 8.70. The first-order chi connectivity index (χ1) is 6.72. The van der Waals surface area contributed by atoms with Crippen molar-refractivity contribution in [3.63, 3.8) is 0 Å². The summed E-state index contributed by atoms with van der Waals surface area (Å²) in [6, 6.07) is 3.46. The summed E-state index contributed by atoms with van der Waals surface area (Å²) >= 11 is 1.07. The topological polar surface area (TPSA) is 59.3 Å². The summed E-state index contributed by atoms with van der Waals surface area (Å²) in [6.45, 7) is 2.05. The molecule has 0 aliphatic heterocycles. The van der Waals surface area contributed by atoms with Gasteiger partial charge in [-0.3, -0.25) is 0 Å². The first kappa shape index (κ1) is 10.5. The number of carbonyl (C=O) groups is 1. The van der Waals surface area contributed by atoms with E-state index in [2.05, 4.69) is 0 Å². The van der Waals surface area contributed by atoms with Gasteiger partial charge in [-0.25, -0.2) is 4.79 Å². The van der Waals surface area contributed by atoms with Gasteiger partial charge in [0, 0.05) is 6.07 Å². The van der Waals surface area contributed by atoms with E-state index in [1.807, 2.05) is 6.07 Å². The van der Waals surface area contributed by atoms with E-state index in [0.717, 1.165) is 11.3 Å². The molecule has 0 fully saturated rings. The third kappa shape index (κ3) is 2.03. The average molecular weight is 211 g/mol. The Labute approximate surface area is 85.7 Å². The summed E-state index contributed by atoms with van der Waals surface area (Å²) in [6.07, 6.45) is 0. The Hall–Kier alpha value is -1.54. The van der Waals surface area contributed by atoms with Crippen LogP contribution in [0, 0.1) is 11.3 Å². The molecule has 0 amide bonds. The molecule has 0 radical (unpaired) electrons. The molecule has 0 bridgehead atoms. The van der Waals surface area contributed by atoms with Crippen molar-refractivity contribution < 1.29 is 14.3 Å². The molecule has 0 atom stereocenters. The molecule has 0 saturated heterocycles. The molecule has 0 spiro atoms. The van der Waals surface area contributed by atoms with Crippen LogP contribution in [0.3, 0.4) is 0 Å². The Bertz CT molecular complexity index is 378. The largest absolute Gasteiger partial charge is 0.494 e. The molecule has 0 aromatic carbocycles. The maximum absolute atomic E-state index is 11.3. The van der Waals surface area contributed by atoms with Crippen LogP contribution in [0.15, 0.2) is 6.07 Å². The number of thiophene rings is 1. The van der Waals surface area contributed by atoms with Crippen LogP contribution in [-0.2, 0) is 4.74 Å². The fourth-order valence-electron chi connectivity index (χ4n) is 0.907. The van der Waals surface area contributed by atoms with E-state index in [4.69, 9.17) is 14.7 Å². The van der Waals surface area contributed by atoms with Crippen molar-refractivity contribution in [2.45, 2.75) is 6.92 Å². The summed E-state index contributed by atoms with van der Waals surface area (Å²) < 4.78 is 9.72. The van der Waals surface area contributed by atoms with Gasteiger partial charge in [0.2, 0.25) is 0 Å². The molecule has 14 heavy (non-hydrogen) atoms. The molecule has 1 aromatic rings. The Morgan fingerprint density at radius 3 is 2.86 bits per heavy atom. The zero-order valence-corrected chi connectivity index (χ0v) is 8.68. The van der Waals surface area contributed by atoms with Gasteiger partial charge < -0.3 is 9.47 Å². The number of methoxy groups -OCH3 is 1. The van der Waals surface area contributed by atoms with Crippen LogP contribution in [0.25, 0.3) is 0 Å². The van der Waals surface area contributed by atoms with Gasteiger partial charge >= 0.3 is 5.97 Å². The second kappa shape index (κ2) is 4.63. The fourth-order valence-corrected chi connectivity index (χ4v) is 1.72. The van der Waals surface area contributed by atoms with E-state index in [-0.39, 0.29) is 0 Å². The lowest BCUT2D eigenvalue weighted by molar-refractivity contribution is 0.0532. The lowest BCUT2D eigenvalue weighted by Crippen LogP contribution is -2.01. The molecule has 0 saturated carbocycles. The minimum absolute atomic E-state index is 0.320. The highest BCUT2D eigenvalue weighted by atomic mass is 32.1. The standard InChI is InChI=1S/C9H9NO3S/c1-3-13-9(11)7-4-6(12-2)8(5-10)14-7/h4H,3H2,1-2H3. The number of nitrogens with zero attached hydrogens (tertiary/aromatic N) is 1. The van der Waals surface area contributed by atoms with Crippen molar-refractivity contribution in [3.8, 4) is 11.8 Å². The highest BCUT2D eigenvalue weighted by Gasteiger charge is 2.15. The number of esters is 1. The summed E-state index contributed by atoms with van der Waals surface area (Å²) in [5.74, 6) is -0.00199. The zero-order valence-electron chi connectivity index (χ0n) is 7.86. The van der Waals surface area contributed by atoms with Crippen molar-refractivity contribution in [2.24, 2.45) is 0 Å². The lowest BCUT2D eigenvalue weighted by Gasteiger charge is -1.96. The predicted molar refractivity (Wildman–Crippen MR) is 51.5 cm³/mol. The van der Waals surface area contributed by atoms with E-state index in [9.17, 15) is 4.79 Å². The Balaban J connectivity index is 2.96. The maximum Gasteiger partial charge on any atom is 0.348 e. The molecule has 5 heteroatoms. The van der Waals surface area contributed by atoms with E-state index in [0.29, 0.717) is 22.1 Å². The summed E-state index contributed by atoms with van der Waals surface area (Å²) in [5.41, 5.74) is 0. The van der Waals surface area contributed by atoms with E-state index < -0.39 is 5.97 Å². The van der Waals surface area contributed by atoms with Gasteiger partial charge in [-0.15, -0.1) is 11.3 Å². The van der Waals surface area contributed by atoms with Gasteiger partial charge in [0.1, 0.15) is 21.6 Å². The van der Waals surface area contributed by atoms with Gasteiger partial charge in [0.05, 0.1) is 13.7 Å². The molecule has 74 valence electrons. The molecule has 0 aliphatic carbocycles. The van der Waals surface area contributed by atoms with Crippen LogP contribution in [0.2, 0.25) is 0 Å². The van der Waals surface area contributed by atoms with Gasteiger partial charge in [0.25, 0.3) is 0 Å². The molecular formula is C9H9NO3S. The SMILES string of the molecule is CCOC(=O)c1cc(OC)c(C#N)s1. The van der Waals surface area contributed by atoms with Crippen molar-refractivity contribution in [1.29, 1.82) is 5.26 Å². The van der Waals surface area contributed by atoms with Crippen LogP contribution in [0.1, 0.15) is 21.5 Å². The highest BCUT2D eigenvalue weighted by molar-refractivity contribution is 7.14. The summed E-state index contributed by atoms with van der Waals surface area (Å²) in [7, 11) is 1.46. The second-order valence-electron chi connectivity index (χ2n) is 2.34. The lowest BCUT2D eigenvalue weighted by atomic mass is 10.4. The smallest absolute Gasteiger partial charge is 0.348 e. The average Bonchev–Trinajstić information content (AvgIpc) is 2.61. The second-order valence-corrected chi connectivity index (χ2v) is 3.39. The number of hydrogen-bond donors (Lipinski definition) is 0. The van der Waals surface area contributed by atoms with Gasteiger partial charge in [0.15, 0.2) is 0 Å². The van der Waals surface area contributed by atoms with Gasteiger partial charge in [-0.2, -0.15) is 5.26 Å². The van der Waals surface area contributed by atoms with E-state index in [1.54, 1.807) is 6.92 Å². The molecule has 4 nitrogen and oxygen atoms in total. The van der Waals surface area contributed by atoms with Crippen LogP contribution >= 0.6 is 11.3 Å². The minimum atomic E-state index is -0.419. The van der Waals surface area contributed by atoms with Crippen LogP contribution in [0.4, 0.5) is 0 Å². The molecule has 0 unspecified atom stereocenters. The van der Waals surface area contributed by atoms with Crippen LogP contribution < -0.4 is 4.74 Å². The van der Waals surface area contributed by atoms with Crippen LogP contribution in [0.5, 0.6) is 5.75 Å². The van der Waals surface area contributed by atoms with Crippen molar-refractivity contribution in [3.05, 3.63) is 15.8 Å². The molecule has 1 rings (SSSR count). The maximum atomic E-state index is 11.3. The first-order valence-corrected chi connectivity index (χ1v) is 4.79. The number of ether oxygens (including phenoxy) is 2. The van der Waals surface area contributed by atoms with Crippen molar-refractivity contribution >= 4 is 17.3 Å². The predicted octanol–water partition coefficient (Wildman–Crippen LogP) is 1.81. The Morgan fingerprint density at radius 2 is 2.43 bits per heavy atom. The molecule has 1 aromatic heterocycles. The third-order valence-corrected chi connectivity index (χ3v) is 2.50. The molecular weight excluding hydrogens is 202 g/mol. The minimum Gasteiger partial charge on any atom is -0.494 e. The Morgan fingerprint density at radius 1 is 1.71 bits per heavy atom. The number of rotatable bonds is 3. The van der Waals surface area contributed by atoms with E-state index >= 15 is 0 Å². The quantitative estimate of drug-likeness (QED) is 0.715. The molecule has 0 N–H and O–H groups in total. The van der Waals surface area contributed by atoms with Crippen LogP contribution in [-0.4, -0.2) is 19.7 Å². The normalized spacial score (nSPS) is 9.21. The Kier molecular flexibility index (Phi) is 3.48. The monoisotopic (exact) mass is 211 g/mol. The number of nitriles is 1. The highest BCUT2D eigenvalue weighted by Crippen LogP contribution is 2.28. The molecule has 1 heterocycles. The van der Waals surface area contributed by atoms with Gasteiger partial charge in [-0.1, -0.05) is 0 Å². The van der Waals surface area contributed by atoms with Crippen molar-refractivity contribution in [1.82, 2.24) is 0 Å². The first-order valence-electron chi connectivity index (χ1n) is 3.98. The van der Waals surface area contributed by atoms with E-state index in [1.165, 1.54) is 13.2 Å². The third-order valence-electron chi connectivity index (χ3n) is 1.50. The summed E-state index contributed by atoms with van der Waals surface area (Å²) in [4.78, 5) is 12.0. The number of carbonyl (C=O) groups excluding carboxylic acids is 1. The molecule has 0 aliphatic rings. The van der Waals surface area contributed by atoms with Gasteiger partial charge in [-0.05, 0) is 6.92 Å². The number of hydrogen-bond acceptors (Lipinski definition) is 5. The fraction of sp³-hybridized carbons (Fsp3) is 0.333. The zero-order chi connectivity index (χ0) is 10.6. The van der Waals surface area contributed by atoms with Crippen molar-refractivity contribution in [2.75, 3.05) is 13.7 Å².